The van der Waals surface area contributed by atoms with Gasteiger partial charge in [0.15, 0.2) is 0 Å². The Morgan fingerprint density at radius 2 is 1.83 bits per heavy atom. The third-order valence-corrected chi connectivity index (χ3v) is 3.21. The number of nitrogens with two attached hydrogens (primary N) is 1. The molecule has 0 heterocycles. The molecule has 1 aliphatic carbocycles. The molecule has 0 unspecified atom stereocenters. The van der Waals surface area contributed by atoms with Crippen LogP contribution in [0.2, 0.25) is 0 Å². The van der Waals surface area contributed by atoms with Crippen LogP contribution in [0, 0.1) is 5.41 Å². The average molecular weight is 171 g/mol. The normalized spacial score (nSPS) is 22.6. The second-order valence-electron chi connectivity index (χ2n) is 4.23. The quantitative estimate of drug-likeness (QED) is 0.645. The molecular formula is C9H17NO2. The van der Waals surface area contributed by atoms with E-state index < -0.39 is 16.9 Å². The molecule has 0 spiro atoms. The van der Waals surface area contributed by atoms with Crippen molar-refractivity contribution in [3.8, 4) is 0 Å². The average Bonchev–Trinajstić information content (AvgIpc) is 2.37. The molecule has 1 rings (SSSR count). The first kappa shape index (κ1) is 9.52. The molecule has 1 amide bonds. The van der Waals surface area contributed by atoms with Crippen molar-refractivity contribution in [2.24, 2.45) is 11.1 Å². The number of hydrogen-bond acceptors (Lipinski definition) is 2. The molecule has 0 radical (unpaired) electrons. The Labute approximate surface area is 72.9 Å². The number of primary amides is 1. The Balaban J connectivity index is 2.85. The van der Waals surface area contributed by atoms with Crippen molar-refractivity contribution in [1.29, 1.82) is 0 Å². The molecule has 1 saturated carbocycles. The van der Waals surface area contributed by atoms with E-state index in [2.05, 4.69) is 0 Å². The lowest BCUT2D eigenvalue weighted by molar-refractivity contribution is -0.142. The van der Waals surface area contributed by atoms with Crippen LogP contribution in [0.4, 0.5) is 0 Å². The lowest BCUT2D eigenvalue weighted by Gasteiger charge is -2.37. The molecule has 0 aromatic heterocycles. The summed E-state index contributed by atoms with van der Waals surface area (Å²) in [6, 6.07) is 0. The largest absolute Gasteiger partial charge is 0.389 e. The van der Waals surface area contributed by atoms with Gasteiger partial charge in [0.2, 0.25) is 5.91 Å². The van der Waals surface area contributed by atoms with Gasteiger partial charge >= 0.3 is 0 Å². The summed E-state index contributed by atoms with van der Waals surface area (Å²) in [5.74, 6) is -0.410. The van der Waals surface area contributed by atoms with E-state index >= 15 is 0 Å². The van der Waals surface area contributed by atoms with Gasteiger partial charge in [0.1, 0.15) is 0 Å². The molecule has 0 aliphatic heterocycles. The van der Waals surface area contributed by atoms with Gasteiger partial charge in [0.25, 0.3) is 0 Å². The third kappa shape index (κ3) is 1.22. The van der Waals surface area contributed by atoms with Gasteiger partial charge in [-0.2, -0.15) is 0 Å². The topological polar surface area (TPSA) is 63.3 Å². The predicted octanol–water partition coefficient (Wildman–Crippen LogP) is 0.803. The summed E-state index contributed by atoms with van der Waals surface area (Å²) in [5.41, 5.74) is 3.59. The number of aliphatic hydroxyl groups is 1. The number of amides is 1. The zero-order valence-corrected chi connectivity index (χ0v) is 7.76. The molecule has 70 valence electrons. The molecule has 0 atom stereocenters. The number of rotatable bonds is 2. The Bertz CT molecular complexity index is 193. The minimum atomic E-state index is -0.862. The molecule has 0 aromatic carbocycles. The van der Waals surface area contributed by atoms with Crippen LogP contribution in [-0.2, 0) is 4.79 Å². The summed E-state index contributed by atoms with van der Waals surface area (Å²) in [4.78, 5) is 11.1. The van der Waals surface area contributed by atoms with Gasteiger partial charge in [-0.1, -0.05) is 12.8 Å². The van der Waals surface area contributed by atoms with Gasteiger partial charge in [-0.3, -0.25) is 4.79 Å². The van der Waals surface area contributed by atoms with E-state index in [0.29, 0.717) is 12.8 Å². The lowest BCUT2D eigenvalue weighted by Crippen LogP contribution is -2.50. The van der Waals surface area contributed by atoms with Gasteiger partial charge < -0.3 is 10.8 Å². The molecule has 1 aliphatic rings. The highest BCUT2D eigenvalue weighted by atomic mass is 16.3. The summed E-state index contributed by atoms with van der Waals surface area (Å²) in [6.45, 7) is 3.45. The first-order valence-electron chi connectivity index (χ1n) is 4.42. The van der Waals surface area contributed by atoms with E-state index in [4.69, 9.17) is 5.73 Å². The maximum atomic E-state index is 11.1. The van der Waals surface area contributed by atoms with Crippen molar-refractivity contribution in [1.82, 2.24) is 0 Å². The smallest absolute Gasteiger partial charge is 0.225 e. The fourth-order valence-electron chi connectivity index (χ4n) is 1.81. The van der Waals surface area contributed by atoms with E-state index in [1.165, 1.54) is 0 Å². The SMILES string of the molecule is CC(C)(C(N)=O)C1(O)CCCC1. The number of hydrogen-bond donors (Lipinski definition) is 2. The second kappa shape index (κ2) is 2.73. The predicted molar refractivity (Wildman–Crippen MR) is 46.4 cm³/mol. The molecule has 0 aromatic rings. The lowest BCUT2D eigenvalue weighted by atomic mass is 9.73. The summed E-state index contributed by atoms with van der Waals surface area (Å²) in [7, 11) is 0. The fourth-order valence-corrected chi connectivity index (χ4v) is 1.81. The summed E-state index contributed by atoms with van der Waals surface area (Å²) < 4.78 is 0. The second-order valence-corrected chi connectivity index (χ2v) is 4.23. The molecular weight excluding hydrogens is 154 g/mol. The van der Waals surface area contributed by atoms with Gasteiger partial charge in [-0.15, -0.1) is 0 Å². The zero-order chi connectivity index (χ0) is 9.41. The Hall–Kier alpha value is -0.570. The summed E-state index contributed by atoms with van der Waals surface area (Å²) >= 11 is 0. The van der Waals surface area contributed by atoms with Crippen LogP contribution >= 0.6 is 0 Å². The van der Waals surface area contributed by atoms with Crippen molar-refractivity contribution >= 4 is 5.91 Å². The van der Waals surface area contributed by atoms with Crippen LogP contribution in [0.1, 0.15) is 39.5 Å². The maximum absolute atomic E-state index is 11.1. The maximum Gasteiger partial charge on any atom is 0.225 e. The first-order valence-corrected chi connectivity index (χ1v) is 4.42. The van der Waals surface area contributed by atoms with Crippen LogP contribution in [0.3, 0.4) is 0 Å². The van der Waals surface area contributed by atoms with Gasteiger partial charge in [0.05, 0.1) is 11.0 Å². The first-order chi connectivity index (χ1) is 5.40. The van der Waals surface area contributed by atoms with E-state index in [0.717, 1.165) is 12.8 Å². The molecule has 1 fully saturated rings. The highest BCUT2D eigenvalue weighted by Crippen LogP contribution is 2.43. The van der Waals surface area contributed by atoms with Gasteiger partial charge in [-0.25, -0.2) is 0 Å². The van der Waals surface area contributed by atoms with Crippen molar-refractivity contribution in [3.63, 3.8) is 0 Å². The van der Waals surface area contributed by atoms with Gasteiger partial charge in [-0.05, 0) is 26.7 Å². The standard InChI is InChI=1S/C9H17NO2/c1-8(2,7(10)11)9(12)5-3-4-6-9/h12H,3-6H2,1-2H3,(H2,10,11). The minimum Gasteiger partial charge on any atom is -0.389 e. The Kier molecular flexibility index (Phi) is 2.17. The fraction of sp³-hybridized carbons (Fsp3) is 0.889. The monoisotopic (exact) mass is 171 g/mol. The van der Waals surface area contributed by atoms with Crippen LogP contribution in [0.5, 0.6) is 0 Å². The van der Waals surface area contributed by atoms with Crippen molar-refractivity contribution in [2.75, 3.05) is 0 Å². The summed E-state index contributed by atoms with van der Waals surface area (Å²) in [5, 5.41) is 10.1. The van der Waals surface area contributed by atoms with Crippen molar-refractivity contribution < 1.29 is 9.90 Å². The molecule has 3 heteroatoms. The van der Waals surface area contributed by atoms with Crippen LogP contribution in [0.15, 0.2) is 0 Å². The Morgan fingerprint density at radius 1 is 1.42 bits per heavy atom. The van der Waals surface area contributed by atoms with E-state index in [1.807, 2.05) is 0 Å². The molecule has 3 nitrogen and oxygen atoms in total. The van der Waals surface area contributed by atoms with Crippen molar-refractivity contribution in [3.05, 3.63) is 0 Å². The summed E-state index contributed by atoms with van der Waals surface area (Å²) in [6.07, 6.45) is 3.38. The molecule has 0 bridgehead atoms. The van der Waals surface area contributed by atoms with Crippen LogP contribution < -0.4 is 5.73 Å². The third-order valence-electron chi connectivity index (χ3n) is 3.21. The zero-order valence-electron chi connectivity index (χ0n) is 7.76. The molecule has 0 saturated heterocycles. The van der Waals surface area contributed by atoms with Crippen LogP contribution in [-0.4, -0.2) is 16.6 Å². The van der Waals surface area contributed by atoms with Gasteiger partial charge in [0, 0.05) is 0 Å². The molecule has 3 N–H and O–H groups in total. The van der Waals surface area contributed by atoms with E-state index in [1.54, 1.807) is 13.8 Å². The molecule has 12 heavy (non-hydrogen) atoms. The van der Waals surface area contributed by atoms with Crippen LogP contribution in [0.25, 0.3) is 0 Å². The highest BCUT2D eigenvalue weighted by Gasteiger charge is 2.48. The minimum absolute atomic E-state index is 0.410. The highest BCUT2D eigenvalue weighted by molar-refractivity contribution is 5.81. The number of carbonyl (C=O) groups excluding carboxylic acids is 1. The Morgan fingerprint density at radius 3 is 2.17 bits per heavy atom. The van der Waals surface area contributed by atoms with Crippen molar-refractivity contribution in [2.45, 2.75) is 45.1 Å². The van der Waals surface area contributed by atoms with E-state index in [9.17, 15) is 9.90 Å². The number of carbonyl (C=O) groups is 1. The van der Waals surface area contributed by atoms with E-state index in [-0.39, 0.29) is 0 Å².